The topological polar surface area (TPSA) is 0 Å². The summed E-state index contributed by atoms with van der Waals surface area (Å²) in [6.07, 6.45) is 0. The fourth-order valence-electron chi connectivity index (χ4n) is 6.19. The van der Waals surface area contributed by atoms with Crippen molar-refractivity contribution in [2.45, 2.75) is 60.4 Å². The molecule has 1 aliphatic carbocycles. The zero-order valence-electron chi connectivity index (χ0n) is 21.4. The molecule has 1 unspecified atom stereocenters. The van der Waals surface area contributed by atoms with Crippen molar-refractivity contribution in [3.63, 3.8) is 0 Å². The van der Waals surface area contributed by atoms with Gasteiger partial charge in [-0.05, 0) is 0 Å². The third kappa shape index (κ3) is 3.61. The summed E-state index contributed by atoms with van der Waals surface area (Å²) in [6.45, 7) is 18.6. The summed E-state index contributed by atoms with van der Waals surface area (Å²) >= 11 is 2.39. The van der Waals surface area contributed by atoms with E-state index in [9.17, 15) is 0 Å². The van der Waals surface area contributed by atoms with Crippen LogP contribution in [0, 0.1) is 27.7 Å². The Morgan fingerprint density at radius 1 is 0.576 bits per heavy atom. The Morgan fingerprint density at radius 2 is 1.03 bits per heavy atom. The molecule has 3 aromatic carbocycles. The molecule has 0 radical (unpaired) electrons. The summed E-state index contributed by atoms with van der Waals surface area (Å²) in [5.41, 5.74) is 9.83. The molecule has 0 fully saturated rings. The molecule has 0 amide bonds. The number of allylic oxidation sites excluding steroid dienone is 4. The Labute approximate surface area is 213 Å². The number of hydrogen-bond acceptors (Lipinski definition) is 0. The minimum atomic E-state index is -2.57. The zero-order valence-corrected chi connectivity index (χ0v) is 23.9. The van der Waals surface area contributed by atoms with Gasteiger partial charge >= 0.3 is 214 Å². The van der Waals surface area contributed by atoms with Gasteiger partial charge in [0.1, 0.15) is 0 Å². The van der Waals surface area contributed by atoms with Gasteiger partial charge < -0.3 is 0 Å². The molecule has 0 aliphatic heterocycles. The summed E-state index contributed by atoms with van der Waals surface area (Å²) in [4.78, 5) is 0. The summed E-state index contributed by atoms with van der Waals surface area (Å²) in [5.74, 6) is 0. The molecule has 0 heterocycles. The Bertz CT molecular complexity index is 1220. The molecule has 0 spiro atoms. The molecular formula is C31H35SiTi. The van der Waals surface area contributed by atoms with Crippen LogP contribution in [0.5, 0.6) is 0 Å². The molecule has 4 rings (SSSR count). The van der Waals surface area contributed by atoms with E-state index in [0.29, 0.717) is 0 Å². The second kappa shape index (κ2) is 8.69. The average Bonchev–Trinajstić information content (AvgIpc) is 2.90. The van der Waals surface area contributed by atoms with Gasteiger partial charge in [-0.25, -0.2) is 0 Å². The normalized spacial score (nSPS) is 18.9. The van der Waals surface area contributed by atoms with Gasteiger partial charge in [0.25, 0.3) is 0 Å². The van der Waals surface area contributed by atoms with Crippen molar-refractivity contribution in [1.82, 2.24) is 0 Å². The number of aryl methyl sites for hydroxylation is 4. The van der Waals surface area contributed by atoms with E-state index in [4.69, 9.17) is 0 Å². The Balaban J connectivity index is 2.30. The van der Waals surface area contributed by atoms with Crippen molar-refractivity contribution in [2.75, 3.05) is 0 Å². The van der Waals surface area contributed by atoms with Crippen molar-refractivity contribution >= 4 is 23.6 Å². The van der Waals surface area contributed by atoms with Crippen LogP contribution in [0.15, 0.2) is 87.3 Å². The quantitative estimate of drug-likeness (QED) is 0.301. The van der Waals surface area contributed by atoms with Gasteiger partial charge in [0.05, 0.1) is 0 Å². The number of hydrogen-bond donors (Lipinski definition) is 0. The van der Waals surface area contributed by atoms with E-state index in [2.05, 4.69) is 143 Å². The molecule has 33 heavy (non-hydrogen) atoms. The second-order valence-electron chi connectivity index (χ2n) is 10.2. The van der Waals surface area contributed by atoms with Crippen molar-refractivity contribution < 1.29 is 20.4 Å². The SMILES string of the molecule is CC1=C(C)C(C)([Si](c2cccc(C)c2)(c2cccc(C)c2)c2cc(C)cc(C)c2)[C]([Ti])=C1C. The van der Waals surface area contributed by atoms with Crippen molar-refractivity contribution in [3.8, 4) is 0 Å². The van der Waals surface area contributed by atoms with Crippen molar-refractivity contribution in [3.05, 3.63) is 110 Å². The van der Waals surface area contributed by atoms with Crippen LogP contribution in [-0.4, -0.2) is 8.07 Å². The molecule has 0 bridgehead atoms. The monoisotopic (exact) mass is 483 g/mol. The van der Waals surface area contributed by atoms with E-state index in [-0.39, 0.29) is 5.04 Å². The second-order valence-corrected chi connectivity index (χ2v) is 15.3. The Kier molecular flexibility index (Phi) is 6.38. The van der Waals surface area contributed by atoms with Gasteiger partial charge in [0, 0.05) is 0 Å². The van der Waals surface area contributed by atoms with E-state index in [0.717, 1.165) is 0 Å². The fourth-order valence-corrected chi connectivity index (χ4v) is 14.2. The zero-order chi connectivity index (χ0) is 24.1. The van der Waals surface area contributed by atoms with E-state index < -0.39 is 8.07 Å². The van der Waals surface area contributed by atoms with Crippen LogP contribution in [0.25, 0.3) is 0 Å². The standard InChI is InChI=1S/C31H35Si.Ti/c1-21-11-9-13-28(16-21)32(29-14-10-12-22(2)17-29,30-18-23(3)15-24(4)19-30)31(8)20-25(5)26(6)27(31)7;/h9-19H,1-8H3;. The summed E-state index contributed by atoms with van der Waals surface area (Å²) in [6, 6.07) is 26.1. The Hall–Kier alpha value is -1.93. The van der Waals surface area contributed by atoms with E-state index in [1.54, 1.807) is 0 Å². The van der Waals surface area contributed by atoms with Crippen LogP contribution >= 0.6 is 0 Å². The molecule has 3 aromatic rings. The van der Waals surface area contributed by atoms with Crippen LogP contribution in [0.3, 0.4) is 0 Å². The molecule has 2 heteroatoms. The van der Waals surface area contributed by atoms with Gasteiger partial charge in [-0.2, -0.15) is 0 Å². The Morgan fingerprint density at radius 3 is 1.42 bits per heavy atom. The third-order valence-electron chi connectivity index (χ3n) is 8.06. The van der Waals surface area contributed by atoms with Crippen LogP contribution < -0.4 is 15.6 Å². The molecule has 0 saturated carbocycles. The van der Waals surface area contributed by atoms with E-state index in [1.165, 1.54) is 58.4 Å². The van der Waals surface area contributed by atoms with Crippen molar-refractivity contribution in [2.24, 2.45) is 0 Å². The predicted molar refractivity (Wildman–Crippen MR) is 142 cm³/mol. The first-order chi connectivity index (χ1) is 15.5. The molecule has 167 valence electrons. The molecular weight excluding hydrogens is 448 g/mol. The van der Waals surface area contributed by atoms with Gasteiger partial charge in [0.15, 0.2) is 0 Å². The minimum absolute atomic E-state index is 0.0526. The first-order valence-corrected chi connectivity index (χ1v) is 14.7. The van der Waals surface area contributed by atoms with Crippen molar-refractivity contribution in [1.29, 1.82) is 0 Å². The van der Waals surface area contributed by atoms with E-state index in [1.807, 2.05) is 0 Å². The number of rotatable bonds is 4. The summed E-state index contributed by atoms with van der Waals surface area (Å²) in [5, 5.41) is 4.46. The van der Waals surface area contributed by atoms with Gasteiger partial charge in [-0.15, -0.1) is 0 Å². The van der Waals surface area contributed by atoms with E-state index >= 15 is 0 Å². The maximum absolute atomic E-state index is 2.57. The molecule has 0 N–H and O–H groups in total. The summed E-state index contributed by atoms with van der Waals surface area (Å²) in [7, 11) is -2.57. The van der Waals surface area contributed by atoms with Crippen LogP contribution in [-0.2, 0) is 20.4 Å². The molecule has 1 atom stereocenters. The first kappa shape index (κ1) is 24.2. The molecule has 0 nitrogen and oxygen atoms in total. The number of benzene rings is 3. The van der Waals surface area contributed by atoms with Crippen LogP contribution in [0.1, 0.15) is 49.9 Å². The average molecular weight is 484 g/mol. The first-order valence-electron chi connectivity index (χ1n) is 11.9. The maximum atomic E-state index is 2.55. The predicted octanol–water partition coefficient (Wildman–Crippen LogP) is 6.32. The third-order valence-corrected chi connectivity index (χ3v) is 15.4. The molecule has 0 aromatic heterocycles. The van der Waals surface area contributed by atoms with Crippen LogP contribution in [0.4, 0.5) is 0 Å². The van der Waals surface area contributed by atoms with Gasteiger partial charge in [0.2, 0.25) is 0 Å². The molecule has 1 aliphatic rings. The van der Waals surface area contributed by atoms with Gasteiger partial charge in [-0.1, -0.05) is 0 Å². The summed E-state index contributed by atoms with van der Waals surface area (Å²) < 4.78 is 1.53. The fraction of sp³-hybridized carbons (Fsp3) is 0.290. The van der Waals surface area contributed by atoms with Gasteiger partial charge in [-0.3, -0.25) is 0 Å². The van der Waals surface area contributed by atoms with Crippen LogP contribution in [0.2, 0.25) is 5.04 Å². The molecule has 0 saturated heterocycles.